The van der Waals surface area contributed by atoms with Gasteiger partial charge in [0.05, 0.1) is 25.3 Å². The number of rotatable bonds is 11. The van der Waals surface area contributed by atoms with Crippen LogP contribution in [-0.4, -0.2) is 27.6 Å². The number of halogens is 1. The Hall–Kier alpha value is -2.60. The fourth-order valence-electron chi connectivity index (χ4n) is 4.95. The van der Waals surface area contributed by atoms with Crippen molar-refractivity contribution in [2.24, 2.45) is 0 Å². The fraction of sp³-hybridized carbons (Fsp3) is 0.467. The smallest absolute Gasteiger partial charge is 0.234 e. The predicted molar refractivity (Wildman–Crippen MR) is 150 cm³/mol. The molecule has 192 valence electrons. The van der Waals surface area contributed by atoms with Crippen LogP contribution in [0.25, 0.3) is 0 Å². The summed E-state index contributed by atoms with van der Waals surface area (Å²) in [5.74, 6) is 1.36. The van der Waals surface area contributed by atoms with Gasteiger partial charge in [-0.1, -0.05) is 54.0 Å². The lowest BCUT2D eigenvalue weighted by molar-refractivity contribution is -0.120. The number of benzene rings is 2. The summed E-state index contributed by atoms with van der Waals surface area (Å²) in [5.41, 5.74) is 5.57. The number of nitrogens with zero attached hydrogens (tertiary/aromatic N) is 3. The van der Waals surface area contributed by atoms with Crippen molar-refractivity contribution in [3.63, 3.8) is 0 Å². The van der Waals surface area contributed by atoms with Gasteiger partial charge in [-0.05, 0) is 79.8 Å². The van der Waals surface area contributed by atoms with Crippen molar-refractivity contribution in [1.82, 2.24) is 9.78 Å². The summed E-state index contributed by atoms with van der Waals surface area (Å²) in [4.78, 5) is 16.2. The summed E-state index contributed by atoms with van der Waals surface area (Å²) in [7, 11) is 0. The van der Waals surface area contributed by atoms with E-state index in [-0.39, 0.29) is 11.8 Å². The summed E-state index contributed by atoms with van der Waals surface area (Å²) in [6.07, 6.45) is 8.82. The molecule has 1 aromatic heterocycles. The van der Waals surface area contributed by atoms with Crippen LogP contribution in [0.4, 0.5) is 5.69 Å². The van der Waals surface area contributed by atoms with E-state index >= 15 is 0 Å². The first-order chi connectivity index (χ1) is 17.5. The van der Waals surface area contributed by atoms with Crippen molar-refractivity contribution in [2.45, 2.75) is 77.8 Å². The topological polar surface area (TPSA) is 47.4 Å². The van der Waals surface area contributed by atoms with Crippen LogP contribution in [0.3, 0.4) is 0 Å². The highest BCUT2D eigenvalue weighted by molar-refractivity contribution is 9.09. The molecule has 0 radical (unpaired) electrons. The van der Waals surface area contributed by atoms with E-state index in [1.807, 2.05) is 28.0 Å². The molecule has 1 heterocycles. The number of carbonyl (C=O) groups is 1. The van der Waals surface area contributed by atoms with Crippen LogP contribution in [-0.2, 0) is 24.3 Å². The van der Waals surface area contributed by atoms with Gasteiger partial charge in [0.25, 0.3) is 0 Å². The molecule has 1 unspecified atom stereocenters. The molecule has 1 atom stereocenters. The molecule has 0 fully saturated rings. The third kappa shape index (κ3) is 6.20. The van der Waals surface area contributed by atoms with Gasteiger partial charge >= 0.3 is 0 Å². The van der Waals surface area contributed by atoms with E-state index in [0.29, 0.717) is 19.1 Å². The quantitative estimate of drug-likeness (QED) is 0.186. The molecule has 6 heteroatoms. The van der Waals surface area contributed by atoms with E-state index in [9.17, 15) is 4.79 Å². The normalized spacial score (nSPS) is 15.1. The number of aryl methyl sites for hydroxylation is 1. The lowest BCUT2D eigenvalue weighted by atomic mass is 9.81. The first-order valence-corrected chi connectivity index (χ1v) is 14.4. The number of unbranched alkanes of at least 4 members (excludes halogenated alkanes) is 1. The maximum Gasteiger partial charge on any atom is 0.234 e. The number of hydrogen-bond donors (Lipinski definition) is 0. The molecule has 4 rings (SSSR count). The van der Waals surface area contributed by atoms with Gasteiger partial charge < -0.3 is 9.64 Å². The largest absolute Gasteiger partial charge is 0.493 e. The first-order valence-electron chi connectivity index (χ1n) is 13.2. The van der Waals surface area contributed by atoms with Crippen LogP contribution >= 0.6 is 15.9 Å². The highest BCUT2D eigenvalue weighted by atomic mass is 79.9. The molecule has 1 amide bonds. The fourth-order valence-corrected chi connectivity index (χ4v) is 5.35. The molecular weight excluding hydrogens is 514 g/mol. The van der Waals surface area contributed by atoms with Crippen molar-refractivity contribution in [3.05, 3.63) is 77.1 Å². The van der Waals surface area contributed by atoms with Crippen molar-refractivity contribution in [1.29, 1.82) is 0 Å². The standard InChI is InChI=1S/C30H38BrN3O2/c1-4-33-20-23(19-32-33)21-34(25-15-13-24(14-16-25)22(2)3)30(35)28-11-7-10-27-26(28)9-8-12-29(27)36-18-6-5-17-31/h8-9,12-16,19-20,22,28H,4-7,10-11,17-18,21H2,1-3H3. The average Bonchev–Trinajstić information content (AvgIpc) is 3.37. The van der Waals surface area contributed by atoms with Crippen LogP contribution in [0.15, 0.2) is 54.9 Å². The molecule has 0 spiro atoms. The second kappa shape index (κ2) is 12.6. The highest BCUT2D eigenvalue weighted by Gasteiger charge is 2.32. The van der Waals surface area contributed by atoms with Crippen LogP contribution in [0.1, 0.15) is 80.5 Å². The van der Waals surface area contributed by atoms with Gasteiger partial charge in [-0.15, -0.1) is 0 Å². The van der Waals surface area contributed by atoms with Gasteiger partial charge in [0, 0.05) is 29.3 Å². The molecule has 3 aromatic rings. The van der Waals surface area contributed by atoms with E-state index in [2.05, 4.69) is 78.2 Å². The highest BCUT2D eigenvalue weighted by Crippen LogP contribution is 2.39. The van der Waals surface area contributed by atoms with Gasteiger partial charge in [0.2, 0.25) is 5.91 Å². The number of alkyl halides is 1. The first kappa shape index (κ1) is 26.5. The molecule has 0 saturated heterocycles. The summed E-state index contributed by atoms with van der Waals surface area (Å²) in [6.45, 7) is 8.48. The number of ether oxygens (including phenoxy) is 1. The van der Waals surface area contributed by atoms with Crippen LogP contribution in [0, 0.1) is 0 Å². The maximum absolute atomic E-state index is 14.2. The number of anilines is 1. The molecular formula is C30H38BrN3O2. The monoisotopic (exact) mass is 551 g/mol. The Labute approximate surface area is 224 Å². The summed E-state index contributed by atoms with van der Waals surface area (Å²) < 4.78 is 8.08. The zero-order chi connectivity index (χ0) is 25.5. The van der Waals surface area contributed by atoms with Crippen molar-refractivity contribution in [2.75, 3.05) is 16.8 Å². The molecule has 0 N–H and O–H groups in total. The molecule has 0 bridgehead atoms. The number of aromatic nitrogens is 2. The second-order valence-corrected chi connectivity index (χ2v) is 10.7. The lowest BCUT2D eigenvalue weighted by Crippen LogP contribution is -2.36. The molecule has 1 aliphatic rings. The molecule has 0 saturated carbocycles. The van der Waals surface area contributed by atoms with E-state index in [4.69, 9.17) is 4.74 Å². The van der Waals surface area contributed by atoms with Crippen LogP contribution < -0.4 is 9.64 Å². The summed E-state index contributed by atoms with van der Waals surface area (Å²) in [6, 6.07) is 14.7. The van der Waals surface area contributed by atoms with E-state index in [0.717, 1.165) is 66.5 Å². The molecule has 2 aromatic carbocycles. The Kier molecular flexibility index (Phi) is 9.24. The number of carbonyl (C=O) groups excluding carboxylic acids is 1. The Morgan fingerprint density at radius 1 is 1.19 bits per heavy atom. The van der Waals surface area contributed by atoms with Gasteiger partial charge in [0.15, 0.2) is 0 Å². The molecule has 1 aliphatic carbocycles. The van der Waals surface area contributed by atoms with Gasteiger partial charge in [0.1, 0.15) is 5.75 Å². The Morgan fingerprint density at radius 2 is 2.00 bits per heavy atom. The summed E-state index contributed by atoms with van der Waals surface area (Å²) in [5, 5.41) is 5.43. The SMILES string of the molecule is CCn1cc(CN(C(=O)C2CCCc3c(OCCCCBr)cccc32)c2ccc(C(C)C)cc2)cn1. The summed E-state index contributed by atoms with van der Waals surface area (Å²) >= 11 is 3.49. The van der Waals surface area contributed by atoms with Crippen molar-refractivity contribution < 1.29 is 9.53 Å². The van der Waals surface area contributed by atoms with Crippen molar-refractivity contribution in [3.8, 4) is 5.75 Å². The third-order valence-corrected chi connectivity index (χ3v) is 7.60. The molecule has 0 aliphatic heterocycles. The Balaban J connectivity index is 1.63. The average molecular weight is 553 g/mol. The Bertz CT molecular complexity index is 1140. The minimum absolute atomic E-state index is 0.147. The molecule has 5 nitrogen and oxygen atoms in total. The van der Waals surface area contributed by atoms with E-state index in [1.54, 1.807) is 0 Å². The number of amides is 1. The van der Waals surface area contributed by atoms with Crippen LogP contribution in [0.5, 0.6) is 5.75 Å². The van der Waals surface area contributed by atoms with E-state index in [1.165, 1.54) is 11.1 Å². The van der Waals surface area contributed by atoms with Crippen molar-refractivity contribution >= 4 is 27.5 Å². The number of hydrogen-bond acceptors (Lipinski definition) is 3. The zero-order valence-corrected chi connectivity index (χ0v) is 23.3. The van der Waals surface area contributed by atoms with Gasteiger partial charge in [-0.25, -0.2) is 0 Å². The minimum atomic E-state index is -0.175. The second-order valence-electron chi connectivity index (χ2n) is 9.89. The lowest BCUT2D eigenvalue weighted by Gasteiger charge is -2.32. The Morgan fingerprint density at radius 3 is 2.69 bits per heavy atom. The van der Waals surface area contributed by atoms with Crippen LogP contribution in [0.2, 0.25) is 0 Å². The molecule has 36 heavy (non-hydrogen) atoms. The minimum Gasteiger partial charge on any atom is -0.493 e. The predicted octanol–water partition coefficient (Wildman–Crippen LogP) is 7.23. The third-order valence-electron chi connectivity index (χ3n) is 7.04. The number of fused-ring (bicyclic) bond motifs is 1. The van der Waals surface area contributed by atoms with Gasteiger partial charge in [-0.3, -0.25) is 9.48 Å². The van der Waals surface area contributed by atoms with Gasteiger partial charge in [-0.2, -0.15) is 5.10 Å². The zero-order valence-electron chi connectivity index (χ0n) is 21.8. The maximum atomic E-state index is 14.2. The van der Waals surface area contributed by atoms with E-state index < -0.39 is 0 Å².